The van der Waals surface area contributed by atoms with Crippen molar-refractivity contribution >= 4 is 28.1 Å². The molecule has 2 aromatic rings. The topological polar surface area (TPSA) is 55.6 Å². The van der Waals surface area contributed by atoms with E-state index in [1.54, 1.807) is 11.7 Å². The maximum absolute atomic E-state index is 6.14. The van der Waals surface area contributed by atoms with Gasteiger partial charge in [-0.25, -0.2) is 0 Å². The van der Waals surface area contributed by atoms with Gasteiger partial charge >= 0.3 is 0 Å². The largest absolute Gasteiger partial charge is 0.363 e. The van der Waals surface area contributed by atoms with E-state index < -0.39 is 0 Å². The van der Waals surface area contributed by atoms with Crippen LogP contribution in [0.4, 0.5) is 5.13 Å². The molecule has 0 fully saturated rings. The number of aryl methyl sites for hydroxylation is 1. The van der Waals surface area contributed by atoms with Gasteiger partial charge in [-0.3, -0.25) is 4.68 Å². The molecule has 7 heteroatoms. The van der Waals surface area contributed by atoms with Crippen molar-refractivity contribution in [3.63, 3.8) is 0 Å². The van der Waals surface area contributed by atoms with Gasteiger partial charge in [-0.05, 0) is 6.92 Å². The molecule has 0 saturated heterocycles. The second kappa shape index (κ2) is 3.79. The van der Waals surface area contributed by atoms with Crippen LogP contribution in [0.25, 0.3) is 10.7 Å². The molecule has 0 saturated carbocycles. The Hall–Kier alpha value is -1.14. The molecule has 5 nitrogen and oxygen atoms in total. The van der Waals surface area contributed by atoms with E-state index in [4.69, 9.17) is 11.6 Å². The van der Waals surface area contributed by atoms with E-state index in [0.29, 0.717) is 10.7 Å². The fourth-order valence-electron chi connectivity index (χ4n) is 1.14. The van der Waals surface area contributed by atoms with E-state index in [1.165, 1.54) is 11.3 Å². The van der Waals surface area contributed by atoms with E-state index in [1.807, 2.05) is 14.0 Å². The van der Waals surface area contributed by atoms with E-state index in [-0.39, 0.29) is 0 Å². The molecule has 2 heterocycles. The quantitative estimate of drug-likeness (QED) is 0.876. The van der Waals surface area contributed by atoms with Gasteiger partial charge in [-0.1, -0.05) is 22.9 Å². The van der Waals surface area contributed by atoms with Gasteiger partial charge in [0, 0.05) is 14.1 Å². The predicted molar refractivity (Wildman–Crippen MR) is 61.4 cm³/mol. The molecule has 15 heavy (non-hydrogen) atoms. The highest BCUT2D eigenvalue weighted by Gasteiger charge is 2.16. The van der Waals surface area contributed by atoms with Gasteiger partial charge in [-0.2, -0.15) is 5.10 Å². The Kier molecular flexibility index (Phi) is 2.62. The highest BCUT2D eigenvalue weighted by molar-refractivity contribution is 7.18. The molecule has 0 amide bonds. The number of halogens is 1. The van der Waals surface area contributed by atoms with Crippen LogP contribution in [0.3, 0.4) is 0 Å². The van der Waals surface area contributed by atoms with Crippen LogP contribution in [0.2, 0.25) is 5.02 Å². The first-order valence-electron chi connectivity index (χ1n) is 4.34. The number of nitrogens with one attached hydrogen (secondary N) is 1. The minimum absolute atomic E-state index is 0.635. The lowest BCUT2D eigenvalue weighted by molar-refractivity contribution is 0.742. The van der Waals surface area contributed by atoms with Crippen LogP contribution in [0, 0.1) is 6.92 Å². The Morgan fingerprint density at radius 3 is 2.60 bits per heavy atom. The number of aromatic nitrogens is 4. The van der Waals surface area contributed by atoms with Crippen molar-refractivity contribution in [1.29, 1.82) is 0 Å². The van der Waals surface area contributed by atoms with Crippen molar-refractivity contribution < 1.29 is 0 Å². The van der Waals surface area contributed by atoms with E-state index in [0.717, 1.165) is 15.8 Å². The summed E-state index contributed by atoms with van der Waals surface area (Å²) in [5.74, 6) is 0. The van der Waals surface area contributed by atoms with E-state index in [9.17, 15) is 0 Å². The summed E-state index contributed by atoms with van der Waals surface area (Å²) >= 11 is 7.56. The minimum Gasteiger partial charge on any atom is -0.363 e. The Bertz CT molecular complexity index is 489. The standard InChI is InChI=1S/C8H10ClN5S/c1-4-5(9)6(13-14(4)3)7-11-12-8(10-2)15-7/h1-3H3,(H,10,12). The third-order valence-corrected chi connectivity index (χ3v) is 3.50. The van der Waals surface area contributed by atoms with Crippen LogP contribution in [0.15, 0.2) is 0 Å². The maximum atomic E-state index is 6.14. The van der Waals surface area contributed by atoms with Gasteiger partial charge in [-0.15, -0.1) is 10.2 Å². The van der Waals surface area contributed by atoms with Crippen molar-refractivity contribution in [2.75, 3.05) is 12.4 Å². The summed E-state index contributed by atoms with van der Waals surface area (Å²) in [5.41, 5.74) is 1.61. The zero-order valence-electron chi connectivity index (χ0n) is 8.58. The van der Waals surface area contributed by atoms with Gasteiger partial charge in [0.15, 0.2) is 5.01 Å². The van der Waals surface area contributed by atoms with Crippen molar-refractivity contribution in [2.24, 2.45) is 7.05 Å². The van der Waals surface area contributed by atoms with E-state index in [2.05, 4.69) is 20.6 Å². The van der Waals surface area contributed by atoms with Crippen molar-refractivity contribution in [2.45, 2.75) is 6.92 Å². The highest BCUT2D eigenvalue weighted by Crippen LogP contribution is 2.32. The second-order valence-corrected chi connectivity index (χ2v) is 4.39. The number of hydrogen-bond acceptors (Lipinski definition) is 5. The number of nitrogens with zero attached hydrogens (tertiary/aromatic N) is 4. The molecule has 0 atom stereocenters. The summed E-state index contributed by atoms with van der Waals surface area (Å²) in [7, 11) is 3.65. The smallest absolute Gasteiger partial charge is 0.205 e. The lowest BCUT2D eigenvalue weighted by Crippen LogP contribution is -1.92. The molecule has 0 radical (unpaired) electrons. The van der Waals surface area contributed by atoms with Gasteiger partial charge in [0.05, 0.1) is 10.7 Å². The van der Waals surface area contributed by atoms with Crippen molar-refractivity contribution in [3.8, 4) is 10.7 Å². The van der Waals surface area contributed by atoms with Crippen LogP contribution in [0.1, 0.15) is 5.69 Å². The summed E-state index contributed by atoms with van der Waals surface area (Å²) in [4.78, 5) is 0. The molecule has 2 rings (SSSR count). The summed E-state index contributed by atoms with van der Waals surface area (Å²) in [6.45, 7) is 1.92. The number of hydrogen-bond donors (Lipinski definition) is 1. The van der Waals surface area contributed by atoms with Gasteiger partial charge in [0.1, 0.15) is 5.69 Å². The van der Waals surface area contributed by atoms with Crippen LogP contribution in [0.5, 0.6) is 0 Å². The third-order valence-electron chi connectivity index (χ3n) is 2.10. The molecular weight excluding hydrogens is 234 g/mol. The van der Waals surface area contributed by atoms with Gasteiger partial charge < -0.3 is 5.32 Å². The lowest BCUT2D eigenvalue weighted by atomic mass is 10.4. The normalized spacial score (nSPS) is 10.7. The average molecular weight is 244 g/mol. The molecule has 0 bridgehead atoms. The van der Waals surface area contributed by atoms with Crippen molar-refractivity contribution in [3.05, 3.63) is 10.7 Å². The Balaban J connectivity index is 2.49. The second-order valence-electron chi connectivity index (χ2n) is 3.03. The summed E-state index contributed by atoms with van der Waals surface area (Å²) < 4.78 is 1.73. The first-order valence-corrected chi connectivity index (χ1v) is 5.53. The maximum Gasteiger partial charge on any atom is 0.205 e. The molecule has 1 N–H and O–H groups in total. The SMILES string of the molecule is CNc1nnc(-c2nn(C)c(C)c2Cl)s1. The number of anilines is 1. The predicted octanol–water partition coefficient (Wildman–Crippen LogP) is 1.94. The molecule has 0 aliphatic rings. The summed E-state index contributed by atoms with van der Waals surface area (Å²) in [6.07, 6.45) is 0. The molecule has 80 valence electrons. The molecule has 2 aromatic heterocycles. The van der Waals surface area contributed by atoms with Crippen molar-refractivity contribution in [1.82, 2.24) is 20.0 Å². The molecule has 0 aliphatic heterocycles. The molecule has 0 spiro atoms. The third kappa shape index (κ3) is 1.70. The Morgan fingerprint density at radius 2 is 2.13 bits per heavy atom. The molecule has 0 unspecified atom stereocenters. The van der Waals surface area contributed by atoms with Crippen LogP contribution < -0.4 is 5.32 Å². The lowest BCUT2D eigenvalue weighted by Gasteiger charge is -1.89. The summed E-state index contributed by atoms with van der Waals surface area (Å²) in [6, 6.07) is 0. The fourth-order valence-corrected chi connectivity index (χ4v) is 2.13. The summed E-state index contributed by atoms with van der Waals surface area (Å²) in [5, 5.41) is 17.3. The first kappa shape index (κ1) is 10.4. The monoisotopic (exact) mass is 243 g/mol. The minimum atomic E-state index is 0.635. The Labute approximate surface area is 96.1 Å². The van der Waals surface area contributed by atoms with Crippen LogP contribution in [-0.2, 0) is 7.05 Å². The van der Waals surface area contributed by atoms with Crippen LogP contribution >= 0.6 is 22.9 Å². The van der Waals surface area contributed by atoms with E-state index >= 15 is 0 Å². The molecular formula is C8H10ClN5S. The zero-order chi connectivity index (χ0) is 11.0. The average Bonchev–Trinajstić information content (AvgIpc) is 2.79. The zero-order valence-corrected chi connectivity index (χ0v) is 10.1. The first-order chi connectivity index (χ1) is 7.13. The Morgan fingerprint density at radius 1 is 1.40 bits per heavy atom. The van der Waals surface area contributed by atoms with Crippen LogP contribution in [-0.4, -0.2) is 27.0 Å². The van der Waals surface area contributed by atoms with Gasteiger partial charge in [0.25, 0.3) is 0 Å². The fraction of sp³-hybridized carbons (Fsp3) is 0.375. The highest BCUT2D eigenvalue weighted by atomic mass is 35.5. The molecule has 0 aromatic carbocycles. The van der Waals surface area contributed by atoms with Gasteiger partial charge in [0.2, 0.25) is 5.13 Å². The molecule has 0 aliphatic carbocycles. The number of rotatable bonds is 2.